The van der Waals surface area contributed by atoms with Gasteiger partial charge in [-0.3, -0.25) is 10.2 Å². The Morgan fingerprint density at radius 1 is 1.20 bits per heavy atom. The number of hydrogen-bond acceptors (Lipinski definition) is 7. The monoisotopic (exact) mass is 424 g/mol. The van der Waals surface area contributed by atoms with Gasteiger partial charge < -0.3 is 21.1 Å². The van der Waals surface area contributed by atoms with Crippen molar-refractivity contribution >= 4 is 17.4 Å². The van der Waals surface area contributed by atoms with Crippen LogP contribution in [0.15, 0.2) is 23.7 Å². The number of amides is 1. The first-order chi connectivity index (χ1) is 14.2. The highest BCUT2D eigenvalue weighted by Gasteiger charge is 2.54. The number of nitrogens with two attached hydrogens (primary N) is 1. The van der Waals surface area contributed by atoms with Gasteiger partial charge in [0.1, 0.15) is 23.7 Å². The minimum absolute atomic E-state index is 0.0960. The van der Waals surface area contributed by atoms with Gasteiger partial charge in [-0.05, 0) is 25.7 Å². The van der Waals surface area contributed by atoms with Crippen LogP contribution in [-0.2, 0) is 4.79 Å². The SMILES string of the molecule is N=C1NC(=O)[C@H](O)[C@H](C(F)(F)F)C1=C(N)C1CCN(c2cnc(C3CC3)nc2)CC1. The van der Waals surface area contributed by atoms with Crippen LogP contribution in [0.5, 0.6) is 0 Å². The fourth-order valence-corrected chi connectivity index (χ4v) is 4.11. The van der Waals surface area contributed by atoms with Crippen molar-refractivity contribution in [3.63, 3.8) is 0 Å². The van der Waals surface area contributed by atoms with Crippen LogP contribution in [-0.4, -0.2) is 52.2 Å². The van der Waals surface area contributed by atoms with Crippen LogP contribution in [0.25, 0.3) is 0 Å². The first-order valence-electron chi connectivity index (χ1n) is 9.87. The number of nitrogens with zero attached hydrogens (tertiary/aromatic N) is 3. The molecule has 0 spiro atoms. The van der Waals surface area contributed by atoms with Crippen molar-refractivity contribution in [1.29, 1.82) is 5.41 Å². The Balaban J connectivity index is 1.50. The Morgan fingerprint density at radius 3 is 2.33 bits per heavy atom. The third-order valence-corrected chi connectivity index (χ3v) is 5.98. The lowest BCUT2D eigenvalue weighted by Crippen LogP contribution is -2.56. The van der Waals surface area contributed by atoms with Gasteiger partial charge in [0, 0.05) is 36.2 Å². The smallest absolute Gasteiger partial charge is 0.398 e. The van der Waals surface area contributed by atoms with Gasteiger partial charge in [-0.15, -0.1) is 0 Å². The van der Waals surface area contributed by atoms with Gasteiger partial charge in [0.25, 0.3) is 5.91 Å². The molecule has 2 saturated heterocycles. The molecule has 1 aromatic heterocycles. The molecule has 2 aliphatic heterocycles. The molecule has 3 fully saturated rings. The molecule has 3 aliphatic rings. The van der Waals surface area contributed by atoms with Crippen molar-refractivity contribution in [3.8, 4) is 0 Å². The standard InChI is InChI=1S/C19H23F3N6O2/c20-19(21,22)13-12(16(24)27-18(30)15(13)29)14(23)9-3-5-28(6-4-9)11-7-25-17(26-8-11)10-1-2-10/h7-10,13,15,29H,1-6,23H2,(H2,24,27,30)/t13-,15-/m1/s1. The van der Waals surface area contributed by atoms with E-state index in [0.29, 0.717) is 31.8 Å². The molecule has 0 unspecified atom stereocenters. The highest BCUT2D eigenvalue weighted by Crippen LogP contribution is 2.40. The van der Waals surface area contributed by atoms with E-state index in [2.05, 4.69) is 14.9 Å². The Labute approximate surface area is 170 Å². The number of aliphatic hydroxyl groups excluding tert-OH is 1. The van der Waals surface area contributed by atoms with Gasteiger partial charge in [-0.25, -0.2) is 9.97 Å². The second-order valence-corrected chi connectivity index (χ2v) is 8.03. The maximum absolute atomic E-state index is 13.5. The van der Waals surface area contributed by atoms with Crippen molar-refractivity contribution in [3.05, 3.63) is 29.5 Å². The predicted molar refractivity (Wildman–Crippen MR) is 102 cm³/mol. The maximum Gasteiger partial charge on any atom is 0.398 e. The highest BCUT2D eigenvalue weighted by molar-refractivity contribution is 6.11. The van der Waals surface area contributed by atoms with Gasteiger partial charge in [0.05, 0.1) is 18.1 Å². The van der Waals surface area contributed by atoms with E-state index in [-0.39, 0.29) is 5.70 Å². The van der Waals surface area contributed by atoms with Crippen LogP contribution < -0.4 is 16.0 Å². The van der Waals surface area contributed by atoms with Crippen LogP contribution in [0.3, 0.4) is 0 Å². The van der Waals surface area contributed by atoms with E-state index in [0.717, 1.165) is 24.4 Å². The minimum atomic E-state index is -4.90. The maximum atomic E-state index is 13.5. The third kappa shape index (κ3) is 3.85. The van der Waals surface area contributed by atoms with Crippen molar-refractivity contribution in [2.24, 2.45) is 17.6 Å². The largest absolute Gasteiger partial charge is 0.401 e. The number of alkyl halides is 3. The lowest BCUT2D eigenvalue weighted by Gasteiger charge is -2.37. The first kappa shape index (κ1) is 20.6. The van der Waals surface area contributed by atoms with E-state index in [1.54, 1.807) is 12.4 Å². The zero-order chi connectivity index (χ0) is 21.6. The molecule has 1 aromatic rings. The van der Waals surface area contributed by atoms with E-state index >= 15 is 0 Å². The number of aromatic nitrogens is 2. The number of anilines is 1. The molecule has 0 aromatic carbocycles. The van der Waals surface area contributed by atoms with E-state index in [1.807, 2.05) is 5.32 Å². The lowest BCUT2D eigenvalue weighted by molar-refractivity contribution is -0.191. The molecule has 0 radical (unpaired) electrons. The van der Waals surface area contributed by atoms with Crippen LogP contribution in [0.1, 0.15) is 37.4 Å². The second-order valence-electron chi connectivity index (χ2n) is 8.03. The van der Waals surface area contributed by atoms with Crippen LogP contribution in [0, 0.1) is 17.2 Å². The first-order valence-corrected chi connectivity index (χ1v) is 9.87. The van der Waals surface area contributed by atoms with E-state index < -0.39 is 41.4 Å². The molecule has 0 bridgehead atoms. The van der Waals surface area contributed by atoms with Crippen molar-refractivity contribution in [2.75, 3.05) is 18.0 Å². The van der Waals surface area contributed by atoms with Crippen LogP contribution >= 0.6 is 0 Å². The van der Waals surface area contributed by atoms with E-state index in [1.165, 1.54) is 0 Å². The summed E-state index contributed by atoms with van der Waals surface area (Å²) in [6.07, 6.45) is -0.511. The summed E-state index contributed by atoms with van der Waals surface area (Å²) in [6, 6.07) is 0. The lowest BCUT2D eigenvalue weighted by atomic mass is 9.81. The molecule has 5 N–H and O–H groups in total. The van der Waals surface area contributed by atoms with E-state index in [4.69, 9.17) is 11.1 Å². The molecule has 2 atom stereocenters. The number of halogens is 3. The molecular formula is C19H23F3N6O2. The Morgan fingerprint density at radius 2 is 1.80 bits per heavy atom. The van der Waals surface area contributed by atoms with E-state index in [9.17, 15) is 23.1 Å². The summed E-state index contributed by atoms with van der Waals surface area (Å²) in [5, 5.41) is 19.7. The van der Waals surface area contributed by atoms with Gasteiger partial charge >= 0.3 is 6.18 Å². The molecule has 1 amide bonds. The molecule has 3 heterocycles. The Kier molecular flexibility index (Phi) is 5.16. The molecular weight excluding hydrogens is 401 g/mol. The molecule has 1 aliphatic carbocycles. The molecule has 11 heteroatoms. The summed E-state index contributed by atoms with van der Waals surface area (Å²) in [5.41, 5.74) is 6.31. The minimum Gasteiger partial charge on any atom is -0.401 e. The molecule has 8 nitrogen and oxygen atoms in total. The summed E-state index contributed by atoms with van der Waals surface area (Å²) < 4.78 is 40.6. The van der Waals surface area contributed by atoms with Crippen molar-refractivity contribution < 1.29 is 23.1 Å². The number of hydrogen-bond donors (Lipinski definition) is 4. The normalized spacial score (nSPS) is 27.8. The number of nitrogens with one attached hydrogen (secondary N) is 2. The summed E-state index contributed by atoms with van der Waals surface area (Å²) in [4.78, 5) is 22.4. The fourth-order valence-electron chi connectivity index (χ4n) is 4.11. The Bertz CT molecular complexity index is 873. The third-order valence-electron chi connectivity index (χ3n) is 5.98. The van der Waals surface area contributed by atoms with Gasteiger partial charge in [-0.2, -0.15) is 13.2 Å². The number of carbonyl (C=O) groups excluding carboxylic acids is 1. The van der Waals surface area contributed by atoms with Crippen molar-refractivity contribution in [2.45, 2.75) is 43.9 Å². The molecule has 162 valence electrons. The van der Waals surface area contributed by atoms with Crippen molar-refractivity contribution in [1.82, 2.24) is 15.3 Å². The summed E-state index contributed by atoms with van der Waals surface area (Å²) in [6.45, 7) is 1.09. The Hall–Kier alpha value is -2.69. The average Bonchev–Trinajstić information content (AvgIpc) is 3.55. The number of carbonyl (C=O) groups is 1. The summed E-state index contributed by atoms with van der Waals surface area (Å²) >= 11 is 0. The zero-order valence-corrected chi connectivity index (χ0v) is 16.1. The predicted octanol–water partition coefficient (Wildman–Crippen LogP) is 1.43. The number of aliphatic hydroxyl groups is 1. The quantitative estimate of drug-likeness (QED) is 0.581. The van der Waals surface area contributed by atoms with Crippen LogP contribution in [0.2, 0.25) is 0 Å². The summed E-state index contributed by atoms with van der Waals surface area (Å²) in [7, 11) is 0. The van der Waals surface area contributed by atoms with Gasteiger partial charge in [0.2, 0.25) is 0 Å². The molecule has 4 rings (SSSR count). The molecule has 1 saturated carbocycles. The number of amidine groups is 1. The highest BCUT2D eigenvalue weighted by atomic mass is 19.4. The van der Waals surface area contributed by atoms with Crippen LogP contribution in [0.4, 0.5) is 18.9 Å². The molecule has 30 heavy (non-hydrogen) atoms. The topological polar surface area (TPSA) is 128 Å². The fraction of sp³-hybridized carbons (Fsp3) is 0.579. The van der Waals surface area contributed by atoms with Gasteiger partial charge in [0.15, 0.2) is 0 Å². The average molecular weight is 424 g/mol. The number of piperidine rings is 2. The summed E-state index contributed by atoms with van der Waals surface area (Å²) in [5.74, 6) is -3.54. The zero-order valence-electron chi connectivity index (χ0n) is 16.1. The number of allylic oxidation sites excluding steroid dienone is 1. The second kappa shape index (κ2) is 7.53. The van der Waals surface area contributed by atoms with Gasteiger partial charge in [-0.1, -0.05) is 0 Å². The number of rotatable bonds is 3.